The lowest BCUT2D eigenvalue weighted by molar-refractivity contribution is -0.149. The average Bonchev–Trinajstić information content (AvgIpc) is 1.87. The molecule has 2 N–H and O–H groups in total. The number of hydrogen-bond donors (Lipinski definition) is 1. The van der Waals surface area contributed by atoms with Crippen molar-refractivity contribution in [3.05, 3.63) is 0 Å². The summed E-state index contributed by atoms with van der Waals surface area (Å²) in [5.41, 5.74) is 5.31. The maximum absolute atomic E-state index is 10.9. The van der Waals surface area contributed by atoms with Crippen LogP contribution in [0.15, 0.2) is 0 Å². The molecular weight excluding hydrogens is 142 g/mol. The molecule has 1 unspecified atom stereocenters. The van der Waals surface area contributed by atoms with Crippen molar-refractivity contribution in [1.29, 1.82) is 0 Å². The molecule has 0 spiro atoms. The van der Waals surface area contributed by atoms with Gasteiger partial charge < -0.3 is 10.5 Å². The first kappa shape index (κ1) is 10.4. The van der Waals surface area contributed by atoms with Crippen molar-refractivity contribution < 1.29 is 9.53 Å². The van der Waals surface area contributed by atoms with E-state index in [-0.39, 0.29) is 12.1 Å². The highest BCUT2D eigenvalue weighted by molar-refractivity contribution is 5.75. The molecule has 0 fully saturated rings. The van der Waals surface area contributed by atoms with Gasteiger partial charge in [-0.15, -0.1) is 0 Å². The van der Waals surface area contributed by atoms with Crippen molar-refractivity contribution in [2.45, 2.75) is 45.8 Å². The summed E-state index contributed by atoms with van der Waals surface area (Å²) in [7, 11) is 0. The smallest absolute Gasteiger partial charge is 0.322 e. The third kappa shape index (κ3) is 4.79. The first-order chi connectivity index (χ1) is 5.07. The zero-order chi connectivity index (χ0) is 8.85. The summed E-state index contributed by atoms with van der Waals surface area (Å²) in [6.07, 6.45) is 1.92. The molecule has 0 radical (unpaired) electrons. The Morgan fingerprint density at radius 1 is 1.55 bits per heavy atom. The van der Waals surface area contributed by atoms with Crippen molar-refractivity contribution in [1.82, 2.24) is 0 Å². The normalized spacial score (nSPS) is 15.6. The molecule has 2 atom stereocenters. The molecule has 3 heteroatoms. The van der Waals surface area contributed by atoms with Crippen LogP contribution in [0.5, 0.6) is 0 Å². The maximum Gasteiger partial charge on any atom is 0.322 e. The van der Waals surface area contributed by atoms with Gasteiger partial charge in [0.15, 0.2) is 0 Å². The Labute approximate surface area is 67.9 Å². The molecule has 0 aliphatic carbocycles. The molecule has 0 aliphatic rings. The molecule has 0 rings (SSSR count). The molecule has 11 heavy (non-hydrogen) atoms. The number of esters is 1. The molecule has 0 saturated heterocycles. The number of nitrogens with two attached hydrogens (primary N) is 1. The third-order valence-corrected chi connectivity index (χ3v) is 1.38. The average molecular weight is 159 g/mol. The topological polar surface area (TPSA) is 52.3 Å². The molecule has 0 aromatic rings. The van der Waals surface area contributed by atoms with Crippen molar-refractivity contribution in [3.63, 3.8) is 0 Å². The molecule has 0 aromatic heterocycles. The van der Waals surface area contributed by atoms with Crippen LogP contribution in [0.2, 0.25) is 0 Å². The number of hydrogen-bond acceptors (Lipinski definition) is 3. The molecule has 0 aromatic carbocycles. The van der Waals surface area contributed by atoms with E-state index in [2.05, 4.69) is 6.92 Å². The Hall–Kier alpha value is -0.570. The van der Waals surface area contributed by atoms with E-state index in [1.165, 1.54) is 0 Å². The first-order valence-corrected chi connectivity index (χ1v) is 4.04. The monoisotopic (exact) mass is 159 g/mol. The predicted molar refractivity (Wildman–Crippen MR) is 44.1 cm³/mol. The van der Waals surface area contributed by atoms with Gasteiger partial charge in [0.25, 0.3) is 0 Å². The van der Waals surface area contributed by atoms with Crippen LogP contribution >= 0.6 is 0 Å². The van der Waals surface area contributed by atoms with E-state index < -0.39 is 6.04 Å². The second kappa shape index (κ2) is 5.13. The van der Waals surface area contributed by atoms with Gasteiger partial charge in [-0.05, 0) is 20.3 Å². The third-order valence-electron chi connectivity index (χ3n) is 1.38. The summed E-state index contributed by atoms with van der Waals surface area (Å²) >= 11 is 0. The van der Waals surface area contributed by atoms with Gasteiger partial charge in [-0.25, -0.2) is 0 Å². The van der Waals surface area contributed by atoms with Crippen LogP contribution in [0.3, 0.4) is 0 Å². The lowest BCUT2D eigenvalue weighted by Crippen LogP contribution is -2.31. The standard InChI is InChI=1S/C8H17NO2/c1-4-5-6(2)11-8(10)7(3)9/h6-7H,4-5,9H2,1-3H3/t6-,7?/m1/s1. The van der Waals surface area contributed by atoms with Crippen LogP contribution in [-0.4, -0.2) is 18.1 Å². The quantitative estimate of drug-likeness (QED) is 0.624. The zero-order valence-electron chi connectivity index (χ0n) is 7.46. The van der Waals surface area contributed by atoms with Gasteiger partial charge in [0.05, 0.1) is 6.10 Å². The van der Waals surface area contributed by atoms with Crippen LogP contribution in [0.1, 0.15) is 33.6 Å². The van der Waals surface area contributed by atoms with Gasteiger partial charge in [0.2, 0.25) is 0 Å². The maximum atomic E-state index is 10.9. The van der Waals surface area contributed by atoms with E-state index in [9.17, 15) is 4.79 Å². The molecule has 0 amide bonds. The molecule has 0 aliphatic heterocycles. The van der Waals surface area contributed by atoms with E-state index in [1.54, 1.807) is 6.92 Å². The van der Waals surface area contributed by atoms with Crippen LogP contribution in [0, 0.1) is 0 Å². The van der Waals surface area contributed by atoms with Gasteiger partial charge in [-0.3, -0.25) is 4.79 Å². The van der Waals surface area contributed by atoms with Crippen molar-refractivity contribution in [2.24, 2.45) is 5.73 Å². The Balaban J connectivity index is 3.57. The molecule has 0 heterocycles. The minimum absolute atomic E-state index is 0.00139. The van der Waals surface area contributed by atoms with Crippen LogP contribution < -0.4 is 5.73 Å². The Morgan fingerprint density at radius 2 is 2.09 bits per heavy atom. The number of ether oxygens (including phenoxy) is 1. The predicted octanol–water partition coefficient (Wildman–Crippen LogP) is 1.07. The summed E-state index contributed by atoms with van der Waals surface area (Å²) in [4.78, 5) is 10.9. The molecule has 0 bridgehead atoms. The zero-order valence-corrected chi connectivity index (χ0v) is 7.46. The highest BCUT2D eigenvalue weighted by atomic mass is 16.5. The summed E-state index contributed by atoms with van der Waals surface area (Å²) < 4.78 is 4.99. The van der Waals surface area contributed by atoms with Gasteiger partial charge in [-0.1, -0.05) is 13.3 Å². The summed E-state index contributed by atoms with van der Waals surface area (Å²) in [5.74, 6) is -0.314. The lowest BCUT2D eigenvalue weighted by Gasteiger charge is -2.13. The number of rotatable bonds is 4. The minimum atomic E-state index is -0.505. The Bertz CT molecular complexity index is 123. The van der Waals surface area contributed by atoms with Crippen molar-refractivity contribution in [2.75, 3.05) is 0 Å². The second-order valence-corrected chi connectivity index (χ2v) is 2.82. The van der Waals surface area contributed by atoms with Gasteiger partial charge in [-0.2, -0.15) is 0 Å². The van der Waals surface area contributed by atoms with Gasteiger partial charge >= 0.3 is 5.97 Å². The molecule has 3 nitrogen and oxygen atoms in total. The summed E-state index contributed by atoms with van der Waals surface area (Å²) in [6, 6.07) is -0.505. The van der Waals surface area contributed by atoms with E-state index >= 15 is 0 Å². The Morgan fingerprint density at radius 3 is 2.45 bits per heavy atom. The fourth-order valence-electron chi connectivity index (χ4n) is 0.771. The van der Waals surface area contributed by atoms with E-state index in [4.69, 9.17) is 10.5 Å². The fourth-order valence-corrected chi connectivity index (χ4v) is 0.771. The van der Waals surface area contributed by atoms with Gasteiger partial charge in [0, 0.05) is 0 Å². The second-order valence-electron chi connectivity index (χ2n) is 2.82. The van der Waals surface area contributed by atoms with Crippen LogP contribution in [-0.2, 0) is 9.53 Å². The number of carbonyl (C=O) groups excluding carboxylic acids is 1. The van der Waals surface area contributed by atoms with Gasteiger partial charge in [0.1, 0.15) is 6.04 Å². The van der Waals surface area contributed by atoms with Crippen LogP contribution in [0.4, 0.5) is 0 Å². The van der Waals surface area contributed by atoms with Crippen LogP contribution in [0.25, 0.3) is 0 Å². The highest BCUT2D eigenvalue weighted by Crippen LogP contribution is 2.01. The van der Waals surface area contributed by atoms with Crippen molar-refractivity contribution in [3.8, 4) is 0 Å². The summed E-state index contributed by atoms with van der Waals surface area (Å²) in [5, 5.41) is 0. The largest absolute Gasteiger partial charge is 0.462 e. The Kier molecular flexibility index (Phi) is 4.86. The molecule has 0 saturated carbocycles. The SMILES string of the molecule is CCC[C@@H](C)OC(=O)C(C)N. The first-order valence-electron chi connectivity index (χ1n) is 4.04. The summed E-state index contributed by atoms with van der Waals surface area (Å²) in [6.45, 7) is 5.56. The van der Waals surface area contributed by atoms with E-state index in [0.717, 1.165) is 12.8 Å². The molecular formula is C8H17NO2. The highest BCUT2D eigenvalue weighted by Gasteiger charge is 2.11. The number of carbonyl (C=O) groups is 1. The van der Waals surface area contributed by atoms with Crippen molar-refractivity contribution >= 4 is 5.97 Å². The van der Waals surface area contributed by atoms with E-state index in [0.29, 0.717) is 0 Å². The minimum Gasteiger partial charge on any atom is -0.462 e. The lowest BCUT2D eigenvalue weighted by atomic mass is 10.2. The fraction of sp³-hybridized carbons (Fsp3) is 0.875. The van der Waals surface area contributed by atoms with E-state index in [1.807, 2.05) is 6.92 Å². The molecule has 66 valence electrons.